The SMILES string of the molecule is CC(NC(=O)CCc1nc(-c2ccccc2)c(-c2ccccc2)o1)c1ccc(F)cc1. The fraction of sp³-hybridized carbons (Fsp3) is 0.154. The summed E-state index contributed by atoms with van der Waals surface area (Å²) in [7, 11) is 0. The van der Waals surface area contributed by atoms with Gasteiger partial charge in [0, 0.05) is 24.0 Å². The van der Waals surface area contributed by atoms with Crippen LogP contribution in [0.3, 0.4) is 0 Å². The van der Waals surface area contributed by atoms with Crippen LogP contribution in [0.1, 0.15) is 30.8 Å². The van der Waals surface area contributed by atoms with Gasteiger partial charge in [-0.3, -0.25) is 4.79 Å². The average molecular weight is 414 g/mol. The van der Waals surface area contributed by atoms with Crippen LogP contribution in [0.25, 0.3) is 22.6 Å². The Hall–Kier alpha value is -3.73. The molecule has 0 radical (unpaired) electrons. The topological polar surface area (TPSA) is 55.1 Å². The zero-order chi connectivity index (χ0) is 21.6. The molecule has 0 saturated heterocycles. The summed E-state index contributed by atoms with van der Waals surface area (Å²) in [5.41, 5.74) is 3.52. The second kappa shape index (κ2) is 9.39. The predicted molar refractivity (Wildman–Crippen MR) is 119 cm³/mol. The van der Waals surface area contributed by atoms with Gasteiger partial charge in [-0.2, -0.15) is 0 Å². The number of carbonyl (C=O) groups is 1. The molecule has 0 aliphatic heterocycles. The Balaban J connectivity index is 1.48. The number of rotatable bonds is 7. The van der Waals surface area contributed by atoms with Crippen molar-refractivity contribution in [3.8, 4) is 22.6 Å². The molecule has 1 N–H and O–H groups in total. The summed E-state index contributed by atoms with van der Waals surface area (Å²) in [5.74, 6) is 0.802. The zero-order valence-electron chi connectivity index (χ0n) is 17.2. The third kappa shape index (κ3) is 5.07. The lowest BCUT2D eigenvalue weighted by Crippen LogP contribution is -2.26. The van der Waals surface area contributed by atoms with Crippen LogP contribution in [0.4, 0.5) is 4.39 Å². The Kier molecular flexibility index (Phi) is 6.22. The Morgan fingerprint density at radius 3 is 2.19 bits per heavy atom. The van der Waals surface area contributed by atoms with Gasteiger partial charge in [-0.15, -0.1) is 0 Å². The summed E-state index contributed by atoms with van der Waals surface area (Å²) in [5, 5.41) is 2.94. The van der Waals surface area contributed by atoms with Gasteiger partial charge in [0.25, 0.3) is 0 Å². The molecule has 1 unspecified atom stereocenters. The quantitative estimate of drug-likeness (QED) is 0.406. The molecule has 4 rings (SSSR count). The molecule has 1 atom stereocenters. The van der Waals surface area contributed by atoms with E-state index in [0.717, 1.165) is 22.4 Å². The van der Waals surface area contributed by atoms with Crippen molar-refractivity contribution in [3.05, 3.63) is 102 Å². The molecule has 1 amide bonds. The van der Waals surface area contributed by atoms with E-state index < -0.39 is 0 Å². The maximum Gasteiger partial charge on any atom is 0.220 e. The Morgan fingerprint density at radius 1 is 0.935 bits per heavy atom. The summed E-state index contributed by atoms with van der Waals surface area (Å²) in [6.45, 7) is 1.87. The van der Waals surface area contributed by atoms with Crippen LogP contribution < -0.4 is 5.32 Å². The highest BCUT2D eigenvalue weighted by Crippen LogP contribution is 2.32. The van der Waals surface area contributed by atoms with Gasteiger partial charge in [0.2, 0.25) is 5.91 Å². The van der Waals surface area contributed by atoms with Crippen molar-refractivity contribution < 1.29 is 13.6 Å². The van der Waals surface area contributed by atoms with Crippen molar-refractivity contribution in [3.63, 3.8) is 0 Å². The monoisotopic (exact) mass is 414 g/mol. The number of aryl methyl sites for hydroxylation is 1. The van der Waals surface area contributed by atoms with E-state index in [4.69, 9.17) is 4.42 Å². The first-order chi connectivity index (χ1) is 15.1. The van der Waals surface area contributed by atoms with E-state index in [9.17, 15) is 9.18 Å². The minimum Gasteiger partial charge on any atom is -0.440 e. The Labute approximate surface area is 180 Å². The maximum atomic E-state index is 13.1. The van der Waals surface area contributed by atoms with Crippen molar-refractivity contribution in [1.82, 2.24) is 10.3 Å². The van der Waals surface area contributed by atoms with Gasteiger partial charge < -0.3 is 9.73 Å². The highest BCUT2D eigenvalue weighted by molar-refractivity contribution is 5.78. The van der Waals surface area contributed by atoms with Gasteiger partial charge in [0.05, 0.1) is 6.04 Å². The first-order valence-electron chi connectivity index (χ1n) is 10.3. The van der Waals surface area contributed by atoms with Crippen LogP contribution in [-0.4, -0.2) is 10.9 Å². The van der Waals surface area contributed by atoms with Gasteiger partial charge in [-0.05, 0) is 24.6 Å². The van der Waals surface area contributed by atoms with E-state index in [-0.39, 0.29) is 24.2 Å². The summed E-state index contributed by atoms with van der Waals surface area (Å²) >= 11 is 0. The molecular weight excluding hydrogens is 391 g/mol. The molecule has 3 aromatic carbocycles. The van der Waals surface area contributed by atoms with Gasteiger partial charge in [-0.25, -0.2) is 9.37 Å². The number of hydrogen-bond donors (Lipinski definition) is 1. The molecule has 1 aromatic heterocycles. The minimum absolute atomic E-state index is 0.113. The lowest BCUT2D eigenvalue weighted by Gasteiger charge is -2.14. The lowest BCUT2D eigenvalue weighted by atomic mass is 10.1. The van der Waals surface area contributed by atoms with Gasteiger partial charge in [-0.1, -0.05) is 72.8 Å². The largest absolute Gasteiger partial charge is 0.440 e. The van der Waals surface area contributed by atoms with Crippen LogP contribution in [-0.2, 0) is 11.2 Å². The number of nitrogens with one attached hydrogen (secondary N) is 1. The zero-order valence-corrected chi connectivity index (χ0v) is 17.2. The molecule has 0 bridgehead atoms. The number of nitrogens with zero attached hydrogens (tertiary/aromatic N) is 1. The second-order valence-corrected chi connectivity index (χ2v) is 7.36. The Bertz CT molecular complexity index is 1080. The van der Waals surface area contributed by atoms with Gasteiger partial charge >= 0.3 is 0 Å². The summed E-state index contributed by atoms with van der Waals surface area (Å²) in [6.07, 6.45) is 0.628. The highest BCUT2D eigenvalue weighted by atomic mass is 19.1. The van der Waals surface area contributed by atoms with E-state index in [0.29, 0.717) is 18.1 Å². The number of benzene rings is 3. The Morgan fingerprint density at radius 2 is 1.55 bits per heavy atom. The average Bonchev–Trinajstić information content (AvgIpc) is 3.24. The van der Waals surface area contributed by atoms with Crippen LogP contribution in [0, 0.1) is 5.82 Å². The summed E-state index contributed by atoms with van der Waals surface area (Å²) in [6, 6.07) is 25.6. The number of amides is 1. The molecule has 156 valence electrons. The van der Waals surface area contributed by atoms with Crippen LogP contribution in [0.5, 0.6) is 0 Å². The van der Waals surface area contributed by atoms with Crippen molar-refractivity contribution in [2.24, 2.45) is 0 Å². The van der Waals surface area contributed by atoms with Crippen molar-refractivity contribution in [2.75, 3.05) is 0 Å². The summed E-state index contributed by atoms with van der Waals surface area (Å²) in [4.78, 5) is 17.1. The molecule has 0 aliphatic rings. The smallest absolute Gasteiger partial charge is 0.220 e. The minimum atomic E-state index is -0.297. The molecule has 1 heterocycles. The van der Waals surface area contributed by atoms with Crippen molar-refractivity contribution in [2.45, 2.75) is 25.8 Å². The van der Waals surface area contributed by atoms with E-state index in [1.165, 1.54) is 12.1 Å². The lowest BCUT2D eigenvalue weighted by molar-refractivity contribution is -0.121. The molecule has 0 fully saturated rings. The maximum absolute atomic E-state index is 13.1. The van der Waals surface area contributed by atoms with Crippen molar-refractivity contribution in [1.29, 1.82) is 0 Å². The van der Waals surface area contributed by atoms with Crippen LogP contribution >= 0.6 is 0 Å². The standard InChI is InChI=1S/C26H23FN2O2/c1-18(19-12-14-22(27)15-13-19)28-23(30)16-17-24-29-25(20-8-4-2-5-9-20)26(31-24)21-10-6-3-7-11-21/h2-15,18H,16-17H2,1H3,(H,28,30). The van der Waals surface area contributed by atoms with Crippen LogP contribution in [0.2, 0.25) is 0 Å². The number of aromatic nitrogens is 1. The molecule has 4 aromatic rings. The molecule has 0 spiro atoms. The predicted octanol–water partition coefficient (Wildman–Crippen LogP) is 5.96. The molecule has 4 nitrogen and oxygen atoms in total. The fourth-order valence-corrected chi connectivity index (χ4v) is 3.42. The van der Waals surface area contributed by atoms with Gasteiger partial charge in [0.1, 0.15) is 11.5 Å². The number of hydrogen-bond acceptors (Lipinski definition) is 3. The second-order valence-electron chi connectivity index (χ2n) is 7.36. The third-order valence-electron chi connectivity index (χ3n) is 5.07. The fourth-order valence-electron chi connectivity index (χ4n) is 3.42. The van der Waals surface area contributed by atoms with Crippen molar-refractivity contribution >= 4 is 5.91 Å². The third-order valence-corrected chi connectivity index (χ3v) is 5.07. The first-order valence-corrected chi connectivity index (χ1v) is 10.3. The number of oxazole rings is 1. The number of halogens is 1. The van der Waals surface area contributed by atoms with E-state index >= 15 is 0 Å². The molecule has 5 heteroatoms. The molecular formula is C26H23FN2O2. The number of carbonyl (C=O) groups excluding carboxylic acids is 1. The molecule has 0 aliphatic carbocycles. The normalized spacial score (nSPS) is 11.8. The summed E-state index contributed by atoms with van der Waals surface area (Å²) < 4.78 is 19.2. The van der Waals surface area contributed by atoms with Gasteiger partial charge in [0.15, 0.2) is 11.7 Å². The van der Waals surface area contributed by atoms with Crippen LogP contribution in [0.15, 0.2) is 89.3 Å². The van der Waals surface area contributed by atoms with E-state index in [1.54, 1.807) is 12.1 Å². The molecule has 31 heavy (non-hydrogen) atoms. The highest BCUT2D eigenvalue weighted by Gasteiger charge is 2.18. The van der Waals surface area contributed by atoms with E-state index in [1.807, 2.05) is 67.6 Å². The van der Waals surface area contributed by atoms with E-state index in [2.05, 4.69) is 10.3 Å². The molecule has 0 saturated carbocycles. The first kappa shape index (κ1) is 20.5.